The minimum absolute atomic E-state index is 0.292. The van der Waals surface area contributed by atoms with Crippen molar-refractivity contribution in [1.29, 1.82) is 0 Å². The molecule has 0 bridgehead atoms. The van der Waals surface area contributed by atoms with Crippen LogP contribution in [0.1, 0.15) is 19.5 Å². The average Bonchev–Trinajstić information content (AvgIpc) is 2.84. The number of rotatable bonds is 6. The highest BCUT2D eigenvalue weighted by Crippen LogP contribution is 2.08. The van der Waals surface area contributed by atoms with E-state index < -0.39 is 0 Å². The quantitative estimate of drug-likeness (QED) is 0.810. The molecule has 0 saturated carbocycles. The molecule has 5 heteroatoms. The third kappa shape index (κ3) is 3.80. The van der Waals surface area contributed by atoms with Gasteiger partial charge in [-0.25, -0.2) is 4.98 Å². The molecule has 1 aromatic rings. The molecule has 1 N–H and O–H groups in total. The normalized spacial score (nSPS) is 21.3. The van der Waals surface area contributed by atoms with Crippen LogP contribution in [0, 0.1) is 0 Å². The van der Waals surface area contributed by atoms with Gasteiger partial charge in [0.05, 0.1) is 31.3 Å². The van der Waals surface area contributed by atoms with E-state index >= 15 is 0 Å². The Morgan fingerprint density at radius 3 is 3.17 bits per heavy atom. The second kappa shape index (κ2) is 6.87. The molecule has 0 amide bonds. The molecule has 102 valence electrons. The van der Waals surface area contributed by atoms with Crippen LogP contribution in [0.3, 0.4) is 0 Å². The van der Waals surface area contributed by atoms with E-state index in [0.717, 1.165) is 51.6 Å². The Balaban J connectivity index is 1.83. The van der Waals surface area contributed by atoms with Crippen LogP contribution >= 0.6 is 0 Å². The maximum atomic E-state index is 5.80. The number of likely N-dealkylation sites (N-methyl/N-ethyl adjacent to an activating group) is 1. The van der Waals surface area contributed by atoms with E-state index in [9.17, 15) is 0 Å². The fraction of sp³-hybridized carbons (Fsp3) is 0.769. The summed E-state index contributed by atoms with van der Waals surface area (Å²) in [5.41, 5.74) is 1.10. The van der Waals surface area contributed by atoms with Crippen molar-refractivity contribution in [3.05, 3.63) is 18.2 Å². The van der Waals surface area contributed by atoms with Gasteiger partial charge in [0.25, 0.3) is 0 Å². The van der Waals surface area contributed by atoms with E-state index in [1.807, 2.05) is 6.33 Å². The lowest BCUT2D eigenvalue weighted by Crippen LogP contribution is -2.43. The van der Waals surface area contributed by atoms with Crippen molar-refractivity contribution in [1.82, 2.24) is 19.8 Å². The van der Waals surface area contributed by atoms with Crippen LogP contribution in [0.2, 0.25) is 0 Å². The largest absolute Gasteiger partial charge is 0.374 e. The Bertz CT molecular complexity index is 353. The van der Waals surface area contributed by atoms with Crippen LogP contribution < -0.4 is 5.32 Å². The minimum atomic E-state index is 0.292. The van der Waals surface area contributed by atoms with Gasteiger partial charge in [-0.2, -0.15) is 0 Å². The molecule has 1 aliphatic heterocycles. The summed E-state index contributed by atoms with van der Waals surface area (Å²) < 4.78 is 7.93. The first-order valence-electron chi connectivity index (χ1n) is 6.87. The Labute approximate surface area is 109 Å². The third-order valence-corrected chi connectivity index (χ3v) is 3.33. The molecule has 2 heterocycles. The van der Waals surface area contributed by atoms with E-state index in [-0.39, 0.29) is 0 Å². The molecule has 1 saturated heterocycles. The highest BCUT2D eigenvalue weighted by Gasteiger charge is 2.19. The predicted octanol–water partition coefficient (Wildman–Crippen LogP) is 0.713. The third-order valence-electron chi connectivity index (χ3n) is 3.33. The minimum Gasteiger partial charge on any atom is -0.374 e. The van der Waals surface area contributed by atoms with E-state index in [4.69, 9.17) is 4.74 Å². The highest BCUT2D eigenvalue weighted by molar-refractivity contribution is 4.96. The van der Waals surface area contributed by atoms with Crippen LogP contribution in [0.4, 0.5) is 0 Å². The zero-order chi connectivity index (χ0) is 12.8. The first-order chi connectivity index (χ1) is 8.81. The number of hydrogen-bond acceptors (Lipinski definition) is 4. The molecular weight excluding hydrogens is 228 g/mol. The molecule has 1 aliphatic rings. The summed E-state index contributed by atoms with van der Waals surface area (Å²) in [4.78, 5) is 6.82. The van der Waals surface area contributed by atoms with Crippen LogP contribution in [0.25, 0.3) is 0 Å². The number of ether oxygens (including phenoxy) is 1. The first-order valence-corrected chi connectivity index (χ1v) is 6.87. The molecule has 1 atom stereocenters. The van der Waals surface area contributed by atoms with Crippen molar-refractivity contribution in [2.45, 2.75) is 33.0 Å². The topological polar surface area (TPSA) is 42.3 Å². The fourth-order valence-corrected chi connectivity index (χ4v) is 2.26. The van der Waals surface area contributed by atoms with Gasteiger partial charge in [-0.05, 0) is 13.1 Å². The molecule has 0 aromatic carbocycles. The summed E-state index contributed by atoms with van der Waals surface area (Å²) in [7, 11) is 0. The van der Waals surface area contributed by atoms with Gasteiger partial charge in [0.15, 0.2) is 0 Å². The molecule has 2 rings (SSSR count). The summed E-state index contributed by atoms with van der Waals surface area (Å²) in [6.45, 7) is 11.1. The van der Waals surface area contributed by atoms with Crippen LogP contribution in [0.5, 0.6) is 0 Å². The Morgan fingerprint density at radius 1 is 1.50 bits per heavy atom. The average molecular weight is 252 g/mol. The second-order valence-electron chi connectivity index (χ2n) is 4.73. The standard InChI is InChI=1S/C13H24N4O/c1-3-14-7-12-8-17(11-15-12)10-13-9-16(4-2)5-6-18-13/h8,11,13-14H,3-7,9-10H2,1-2H3. The van der Waals surface area contributed by atoms with Gasteiger partial charge in [-0.15, -0.1) is 0 Å². The molecule has 18 heavy (non-hydrogen) atoms. The van der Waals surface area contributed by atoms with Crippen LogP contribution in [-0.4, -0.2) is 53.3 Å². The number of nitrogens with zero attached hydrogens (tertiary/aromatic N) is 3. The first kappa shape index (κ1) is 13.5. The number of morpholine rings is 1. The summed E-state index contributed by atoms with van der Waals surface area (Å²) in [6, 6.07) is 0. The summed E-state index contributed by atoms with van der Waals surface area (Å²) in [5.74, 6) is 0. The van der Waals surface area contributed by atoms with Crippen molar-refractivity contribution in [2.24, 2.45) is 0 Å². The fourth-order valence-electron chi connectivity index (χ4n) is 2.26. The molecule has 5 nitrogen and oxygen atoms in total. The number of nitrogens with one attached hydrogen (secondary N) is 1. The maximum Gasteiger partial charge on any atom is 0.0950 e. The monoisotopic (exact) mass is 252 g/mol. The summed E-state index contributed by atoms with van der Waals surface area (Å²) >= 11 is 0. The molecule has 0 spiro atoms. The second-order valence-corrected chi connectivity index (χ2v) is 4.73. The van der Waals surface area contributed by atoms with E-state index in [1.54, 1.807) is 0 Å². The van der Waals surface area contributed by atoms with Crippen molar-refractivity contribution in [3.8, 4) is 0 Å². The number of hydrogen-bond donors (Lipinski definition) is 1. The van der Waals surface area contributed by atoms with Crippen molar-refractivity contribution >= 4 is 0 Å². The maximum absolute atomic E-state index is 5.80. The Kier molecular flexibility index (Phi) is 5.16. The highest BCUT2D eigenvalue weighted by atomic mass is 16.5. The molecular formula is C13H24N4O. The molecule has 0 aliphatic carbocycles. The van der Waals surface area contributed by atoms with Gasteiger partial charge in [0, 0.05) is 25.8 Å². The number of aromatic nitrogens is 2. The summed E-state index contributed by atoms with van der Waals surface area (Å²) in [5, 5.41) is 3.28. The Hall–Kier alpha value is -0.910. The smallest absolute Gasteiger partial charge is 0.0950 e. The lowest BCUT2D eigenvalue weighted by atomic mass is 10.2. The summed E-state index contributed by atoms with van der Waals surface area (Å²) in [6.07, 6.45) is 4.30. The van der Waals surface area contributed by atoms with Gasteiger partial charge in [0.2, 0.25) is 0 Å². The van der Waals surface area contributed by atoms with Crippen LogP contribution in [0.15, 0.2) is 12.5 Å². The van der Waals surface area contributed by atoms with Gasteiger partial charge in [-0.1, -0.05) is 13.8 Å². The lowest BCUT2D eigenvalue weighted by molar-refractivity contribution is -0.0343. The SMILES string of the molecule is CCNCc1cn(CC2CN(CC)CCO2)cn1. The van der Waals surface area contributed by atoms with Crippen molar-refractivity contribution in [3.63, 3.8) is 0 Å². The Morgan fingerprint density at radius 2 is 2.39 bits per heavy atom. The van der Waals surface area contributed by atoms with Gasteiger partial charge in [-0.3, -0.25) is 4.90 Å². The number of imidazole rings is 1. The van der Waals surface area contributed by atoms with Crippen LogP contribution in [-0.2, 0) is 17.8 Å². The molecule has 1 aromatic heterocycles. The zero-order valence-electron chi connectivity index (χ0n) is 11.4. The molecule has 0 radical (unpaired) electrons. The molecule has 1 fully saturated rings. The van der Waals surface area contributed by atoms with Gasteiger partial charge in [0.1, 0.15) is 0 Å². The van der Waals surface area contributed by atoms with Crippen molar-refractivity contribution < 1.29 is 4.74 Å². The van der Waals surface area contributed by atoms with E-state index in [1.165, 1.54) is 0 Å². The van der Waals surface area contributed by atoms with E-state index in [2.05, 4.69) is 39.8 Å². The van der Waals surface area contributed by atoms with Crippen molar-refractivity contribution in [2.75, 3.05) is 32.8 Å². The predicted molar refractivity (Wildman–Crippen MR) is 71.5 cm³/mol. The van der Waals surface area contributed by atoms with E-state index in [0.29, 0.717) is 6.10 Å². The lowest BCUT2D eigenvalue weighted by Gasteiger charge is -2.32. The molecule has 1 unspecified atom stereocenters. The zero-order valence-corrected chi connectivity index (χ0v) is 11.4. The van der Waals surface area contributed by atoms with Gasteiger partial charge >= 0.3 is 0 Å². The van der Waals surface area contributed by atoms with Gasteiger partial charge < -0.3 is 14.6 Å².